The number of nitrogens with zero attached hydrogens (tertiary/aromatic N) is 1. The molecule has 1 heterocycles. The predicted molar refractivity (Wildman–Crippen MR) is 73.2 cm³/mol. The molecule has 5 heteroatoms. The Kier molecular flexibility index (Phi) is 4.45. The Labute approximate surface area is 114 Å². The molecule has 1 aliphatic carbocycles. The van der Waals surface area contributed by atoms with Crippen LogP contribution < -0.4 is 11.1 Å². The molecule has 1 saturated heterocycles. The molecule has 2 amide bonds. The molecule has 0 aromatic heterocycles. The van der Waals surface area contributed by atoms with Crippen LogP contribution in [0.15, 0.2) is 0 Å². The molecule has 1 aliphatic heterocycles. The third kappa shape index (κ3) is 3.26. The lowest BCUT2D eigenvalue weighted by atomic mass is 10.0. The molecular formula is C14H25N3O2. The van der Waals surface area contributed by atoms with Crippen LogP contribution in [0.3, 0.4) is 0 Å². The van der Waals surface area contributed by atoms with Gasteiger partial charge in [-0.2, -0.15) is 0 Å². The van der Waals surface area contributed by atoms with E-state index in [9.17, 15) is 9.59 Å². The molecule has 5 nitrogen and oxygen atoms in total. The van der Waals surface area contributed by atoms with Crippen molar-refractivity contribution in [2.24, 2.45) is 23.5 Å². The highest BCUT2D eigenvalue weighted by atomic mass is 16.2. The first kappa shape index (κ1) is 14.3. The molecule has 0 spiro atoms. The van der Waals surface area contributed by atoms with E-state index in [1.807, 2.05) is 18.7 Å². The lowest BCUT2D eigenvalue weighted by molar-refractivity contribution is -0.132. The summed E-state index contributed by atoms with van der Waals surface area (Å²) in [5, 5.41) is 2.65. The summed E-state index contributed by atoms with van der Waals surface area (Å²) in [5.41, 5.74) is 5.74. The van der Waals surface area contributed by atoms with E-state index < -0.39 is 6.04 Å². The summed E-state index contributed by atoms with van der Waals surface area (Å²) in [5.74, 6) is 1.26. The quantitative estimate of drug-likeness (QED) is 0.771. The lowest BCUT2D eigenvalue weighted by Gasteiger charge is -2.19. The van der Waals surface area contributed by atoms with Crippen molar-refractivity contribution < 1.29 is 9.59 Å². The maximum absolute atomic E-state index is 12.0. The molecule has 0 aromatic rings. The number of amides is 2. The predicted octanol–water partition coefficient (Wildman–Crippen LogP) is 0.344. The Balaban J connectivity index is 1.75. The number of carbonyl (C=O) groups excluding carboxylic acids is 2. The van der Waals surface area contributed by atoms with Crippen molar-refractivity contribution in [2.75, 3.05) is 19.6 Å². The van der Waals surface area contributed by atoms with Crippen molar-refractivity contribution in [3.8, 4) is 0 Å². The molecule has 108 valence electrons. The minimum atomic E-state index is -0.536. The van der Waals surface area contributed by atoms with Crippen LogP contribution in [0.5, 0.6) is 0 Å². The summed E-state index contributed by atoms with van der Waals surface area (Å²) in [6.45, 7) is 5.62. The van der Waals surface area contributed by atoms with Crippen LogP contribution in [-0.4, -0.2) is 42.4 Å². The van der Waals surface area contributed by atoms with Gasteiger partial charge in [0, 0.05) is 13.1 Å². The topological polar surface area (TPSA) is 75.4 Å². The molecule has 2 aliphatic rings. The number of carbonyl (C=O) groups is 2. The van der Waals surface area contributed by atoms with Crippen LogP contribution in [0.4, 0.5) is 0 Å². The third-order valence-electron chi connectivity index (χ3n) is 4.51. The van der Waals surface area contributed by atoms with Gasteiger partial charge in [-0.3, -0.25) is 9.59 Å². The maximum Gasteiger partial charge on any atom is 0.241 e. The number of rotatable bonds is 4. The van der Waals surface area contributed by atoms with Crippen LogP contribution >= 0.6 is 0 Å². The van der Waals surface area contributed by atoms with E-state index in [1.54, 1.807) is 0 Å². The molecule has 2 rings (SSSR count). The van der Waals surface area contributed by atoms with Crippen molar-refractivity contribution in [1.82, 2.24) is 10.2 Å². The van der Waals surface area contributed by atoms with Crippen molar-refractivity contribution in [3.63, 3.8) is 0 Å². The average Bonchev–Trinajstić information content (AvgIpc) is 2.94. The van der Waals surface area contributed by atoms with Gasteiger partial charge < -0.3 is 16.0 Å². The van der Waals surface area contributed by atoms with Crippen LogP contribution in [0.2, 0.25) is 0 Å². The Morgan fingerprint density at radius 3 is 2.37 bits per heavy atom. The van der Waals surface area contributed by atoms with Crippen LogP contribution in [0, 0.1) is 17.8 Å². The molecule has 2 fully saturated rings. The molecule has 3 N–H and O–H groups in total. The molecule has 19 heavy (non-hydrogen) atoms. The number of hydrogen-bond acceptors (Lipinski definition) is 3. The molecule has 3 atom stereocenters. The summed E-state index contributed by atoms with van der Waals surface area (Å²) >= 11 is 0. The lowest BCUT2D eigenvalue weighted by Crippen LogP contribution is -2.47. The fraction of sp³-hybridized carbons (Fsp3) is 0.857. The number of fused-ring (bicyclic) bond motifs is 1. The first-order chi connectivity index (χ1) is 8.99. The van der Waals surface area contributed by atoms with Gasteiger partial charge in [-0.05, 0) is 30.6 Å². The Bertz CT molecular complexity index is 345. The van der Waals surface area contributed by atoms with E-state index in [-0.39, 0.29) is 24.3 Å². The van der Waals surface area contributed by atoms with Crippen molar-refractivity contribution in [2.45, 2.75) is 39.2 Å². The van der Waals surface area contributed by atoms with E-state index in [0.29, 0.717) is 11.8 Å². The van der Waals surface area contributed by atoms with Gasteiger partial charge in [0.25, 0.3) is 0 Å². The van der Waals surface area contributed by atoms with Gasteiger partial charge >= 0.3 is 0 Å². The molecule has 2 unspecified atom stereocenters. The van der Waals surface area contributed by atoms with Crippen LogP contribution in [0.1, 0.15) is 33.1 Å². The Morgan fingerprint density at radius 1 is 1.26 bits per heavy atom. The van der Waals surface area contributed by atoms with E-state index in [2.05, 4.69) is 5.32 Å². The maximum atomic E-state index is 12.0. The zero-order valence-electron chi connectivity index (χ0n) is 11.9. The van der Waals surface area contributed by atoms with Gasteiger partial charge in [-0.25, -0.2) is 0 Å². The average molecular weight is 267 g/mol. The summed E-state index contributed by atoms with van der Waals surface area (Å²) in [4.78, 5) is 25.6. The van der Waals surface area contributed by atoms with E-state index in [1.165, 1.54) is 19.3 Å². The van der Waals surface area contributed by atoms with Gasteiger partial charge in [0.1, 0.15) is 0 Å². The SMILES string of the molecule is CC(C)[C@H](N)C(=O)NCC(=O)N1CC2CCCC2C1. The Morgan fingerprint density at radius 2 is 1.84 bits per heavy atom. The summed E-state index contributed by atoms with van der Waals surface area (Å²) in [6.07, 6.45) is 3.80. The van der Waals surface area contributed by atoms with E-state index in [4.69, 9.17) is 5.73 Å². The van der Waals surface area contributed by atoms with Crippen molar-refractivity contribution in [3.05, 3.63) is 0 Å². The van der Waals surface area contributed by atoms with Crippen molar-refractivity contribution >= 4 is 11.8 Å². The summed E-state index contributed by atoms with van der Waals surface area (Å²) < 4.78 is 0. The van der Waals surface area contributed by atoms with Crippen molar-refractivity contribution in [1.29, 1.82) is 0 Å². The number of nitrogens with one attached hydrogen (secondary N) is 1. The highest BCUT2D eigenvalue weighted by Crippen LogP contribution is 2.37. The Hall–Kier alpha value is -1.10. The second-order valence-corrected chi connectivity index (χ2v) is 6.24. The fourth-order valence-electron chi connectivity index (χ4n) is 3.13. The first-order valence-corrected chi connectivity index (χ1v) is 7.30. The zero-order chi connectivity index (χ0) is 14.0. The second kappa shape index (κ2) is 5.90. The first-order valence-electron chi connectivity index (χ1n) is 7.30. The molecular weight excluding hydrogens is 242 g/mol. The standard InChI is InChI=1S/C14H25N3O2/c1-9(2)13(15)14(19)16-6-12(18)17-7-10-4-3-5-11(10)8-17/h9-11,13H,3-8,15H2,1-2H3,(H,16,19)/t10?,11?,13-/m0/s1. The minimum Gasteiger partial charge on any atom is -0.346 e. The molecule has 0 radical (unpaired) electrons. The smallest absolute Gasteiger partial charge is 0.241 e. The molecule has 0 bridgehead atoms. The van der Waals surface area contributed by atoms with E-state index >= 15 is 0 Å². The van der Waals surface area contributed by atoms with Gasteiger partial charge in [0.15, 0.2) is 0 Å². The highest BCUT2D eigenvalue weighted by molar-refractivity contribution is 5.87. The van der Waals surface area contributed by atoms with E-state index in [0.717, 1.165) is 13.1 Å². The highest BCUT2D eigenvalue weighted by Gasteiger charge is 2.37. The summed E-state index contributed by atoms with van der Waals surface area (Å²) in [6, 6.07) is -0.536. The molecule has 1 saturated carbocycles. The molecule has 0 aromatic carbocycles. The van der Waals surface area contributed by atoms with Crippen LogP contribution in [0.25, 0.3) is 0 Å². The number of likely N-dealkylation sites (tertiary alicyclic amines) is 1. The van der Waals surface area contributed by atoms with Crippen LogP contribution in [-0.2, 0) is 9.59 Å². The van der Waals surface area contributed by atoms with Gasteiger partial charge in [0.2, 0.25) is 11.8 Å². The van der Waals surface area contributed by atoms with Gasteiger partial charge in [0.05, 0.1) is 12.6 Å². The number of hydrogen-bond donors (Lipinski definition) is 2. The normalized spacial score (nSPS) is 27.5. The fourth-order valence-corrected chi connectivity index (χ4v) is 3.13. The third-order valence-corrected chi connectivity index (χ3v) is 4.51. The number of nitrogens with two attached hydrogens (primary N) is 1. The zero-order valence-corrected chi connectivity index (χ0v) is 11.9. The summed E-state index contributed by atoms with van der Waals surface area (Å²) in [7, 11) is 0. The van der Waals surface area contributed by atoms with Gasteiger partial charge in [-0.1, -0.05) is 20.3 Å². The minimum absolute atomic E-state index is 0.0266. The van der Waals surface area contributed by atoms with Gasteiger partial charge in [-0.15, -0.1) is 0 Å². The second-order valence-electron chi connectivity index (χ2n) is 6.24. The monoisotopic (exact) mass is 267 g/mol. The largest absolute Gasteiger partial charge is 0.346 e.